The third-order valence-electron chi connectivity index (χ3n) is 3.78. The highest BCUT2D eigenvalue weighted by Gasteiger charge is 2.30. The molecule has 0 fully saturated rings. The summed E-state index contributed by atoms with van der Waals surface area (Å²) in [4.78, 5) is 7.81. The number of hydrogen-bond acceptors (Lipinski definition) is 2. The number of nitrogens with zero attached hydrogens (tertiary/aromatic N) is 1. The van der Waals surface area contributed by atoms with Crippen molar-refractivity contribution in [1.82, 2.24) is 9.97 Å². The number of alkyl halides is 3. The maximum atomic E-state index is 12.6. The third kappa shape index (κ3) is 3.52. The molecule has 0 radical (unpaired) electrons. The molecule has 23 heavy (non-hydrogen) atoms. The van der Waals surface area contributed by atoms with Crippen LogP contribution in [0.15, 0.2) is 48.5 Å². The van der Waals surface area contributed by atoms with Gasteiger partial charge in [0.25, 0.3) is 0 Å². The second-order valence-electron chi connectivity index (χ2n) is 5.42. The van der Waals surface area contributed by atoms with Gasteiger partial charge in [-0.25, -0.2) is 4.98 Å². The normalized spacial score (nSPS) is 13.4. The first-order valence-corrected chi connectivity index (χ1v) is 7.82. The van der Waals surface area contributed by atoms with Crippen molar-refractivity contribution in [2.75, 3.05) is 5.75 Å². The number of nitrogens with one attached hydrogen (secondary N) is 1. The Bertz CT molecular complexity index is 760. The molecule has 0 unspecified atom stereocenters. The number of aromatic amines is 1. The lowest BCUT2D eigenvalue weighted by atomic mass is 9.99. The van der Waals surface area contributed by atoms with E-state index < -0.39 is 11.7 Å². The minimum absolute atomic E-state index is 0.0162. The summed E-state index contributed by atoms with van der Waals surface area (Å²) in [6, 6.07) is 13.0. The van der Waals surface area contributed by atoms with Gasteiger partial charge in [0.2, 0.25) is 0 Å². The molecular weight excluding hydrogens is 321 g/mol. The number of aromatic nitrogens is 2. The summed E-state index contributed by atoms with van der Waals surface area (Å²) in [6.45, 7) is 0. The van der Waals surface area contributed by atoms with Crippen molar-refractivity contribution in [2.24, 2.45) is 0 Å². The molecule has 1 atom stereocenters. The molecule has 3 rings (SSSR count). The molecule has 2 aromatic carbocycles. The van der Waals surface area contributed by atoms with Crippen molar-refractivity contribution in [3.63, 3.8) is 0 Å². The molecule has 0 saturated heterocycles. The predicted octanol–water partition coefficient (Wildman–Crippen LogP) is 4.84. The van der Waals surface area contributed by atoms with Crippen LogP contribution in [0.3, 0.4) is 0 Å². The molecule has 0 saturated carbocycles. The summed E-state index contributed by atoms with van der Waals surface area (Å²) in [7, 11) is 0. The van der Waals surface area contributed by atoms with Gasteiger partial charge in [-0.15, -0.1) is 0 Å². The quantitative estimate of drug-likeness (QED) is 0.656. The number of fused-ring (bicyclic) bond motifs is 1. The first-order chi connectivity index (χ1) is 11.0. The summed E-state index contributed by atoms with van der Waals surface area (Å²) in [5.41, 5.74) is 2.02. The second kappa shape index (κ2) is 6.28. The second-order valence-corrected chi connectivity index (χ2v) is 5.78. The van der Waals surface area contributed by atoms with Gasteiger partial charge in [-0.2, -0.15) is 25.8 Å². The van der Waals surface area contributed by atoms with Crippen molar-refractivity contribution < 1.29 is 13.2 Å². The zero-order chi connectivity index (χ0) is 16.4. The molecule has 0 spiro atoms. The summed E-state index contributed by atoms with van der Waals surface area (Å²) >= 11 is 4.37. The van der Waals surface area contributed by atoms with Crippen molar-refractivity contribution in [1.29, 1.82) is 0 Å². The highest BCUT2D eigenvalue weighted by Crippen LogP contribution is 2.30. The largest absolute Gasteiger partial charge is 0.416 e. The topological polar surface area (TPSA) is 28.7 Å². The van der Waals surface area contributed by atoms with Crippen LogP contribution >= 0.6 is 12.6 Å². The highest BCUT2D eigenvalue weighted by molar-refractivity contribution is 7.80. The van der Waals surface area contributed by atoms with Crippen LogP contribution in [-0.4, -0.2) is 15.7 Å². The molecule has 1 heterocycles. The Balaban J connectivity index is 1.81. The third-order valence-corrected chi connectivity index (χ3v) is 4.22. The van der Waals surface area contributed by atoms with Gasteiger partial charge in [-0.1, -0.05) is 24.3 Å². The number of thiol groups is 1. The Morgan fingerprint density at radius 1 is 1.04 bits per heavy atom. The molecule has 1 aromatic heterocycles. The van der Waals surface area contributed by atoms with Gasteiger partial charge in [0.15, 0.2) is 0 Å². The van der Waals surface area contributed by atoms with Crippen LogP contribution in [0.2, 0.25) is 0 Å². The van der Waals surface area contributed by atoms with Gasteiger partial charge in [-0.05, 0) is 36.2 Å². The van der Waals surface area contributed by atoms with E-state index in [0.717, 1.165) is 34.6 Å². The van der Waals surface area contributed by atoms with Crippen LogP contribution in [0, 0.1) is 0 Å². The number of benzene rings is 2. The molecule has 120 valence electrons. The molecule has 0 bridgehead atoms. The Morgan fingerprint density at radius 2 is 1.74 bits per heavy atom. The van der Waals surface area contributed by atoms with E-state index in [-0.39, 0.29) is 5.92 Å². The highest BCUT2D eigenvalue weighted by atomic mass is 32.1. The fraction of sp³-hybridized carbons (Fsp3) is 0.235. The SMILES string of the molecule is FC(F)(F)c1ccc(C[C@H](CS)c2nc3ccccc3[nH]2)cc1. The molecule has 0 aliphatic carbocycles. The van der Waals surface area contributed by atoms with E-state index in [0.29, 0.717) is 12.2 Å². The van der Waals surface area contributed by atoms with E-state index >= 15 is 0 Å². The Morgan fingerprint density at radius 3 is 2.35 bits per heavy atom. The van der Waals surface area contributed by atoms with E-state index in [9.17, 15) is 13.2 Å². The molecule has 0 aliphatic rings. The van der Waals surface area contributed by atoms with Crippen molar-refractivity contribution in [3.8, 4) is 0 Å². The van der Waals surface area contributed by atoms with Gasteiger partial charge in [-0.3, -0.25) is 0 Å². The number of rotatable bonds is 4. The average Bonchev–Trinajstić information content (AvgIpc) is 2.96. The van der Waals surface area contributed by atoms with Crippen LogP contribution in [0.1, 0.15) is 22.9 Å². The Hall–Kier alpha value is -1.95. The summed E-state index contributed by atoms with van der Waals surface area (Å²) in [5.74, 6) is 1.38. The van der Waals surface area contributed by atoms with Crippen molar-refractivity contribution in [3.05, 3.63) is 65.5 Å². The van der Waals surface area contributed by atoms with Crippen LogP contribution < -0.4 is 0 Å². The summed E-state index contributed by atoms with van der Waals surface area (Å²) in [6.07, 6.45) is -3.72. The van der Waals surface area contributed by atoms with Gasteiger partial charge in [0.1, 0.15) is 5.82 Å². The van der Waals surface area contributed by atoms with Crippen molar-refractivity contribution >= 4 is 23.7 Å². The number of imidazole rings is 1. The molecule has 2 nitrogen and oxygen atoms in total. The molecule has 3 aromatic rings. The standard InChI is InChI=1S/C17H15F3N2S/c18-17(19,20)13-7-5-11(6-8-13)9-12(10-23)16-21-14-3-1-2-4-15(14)22-16/h1-8,12,23H,9-10H2,(H,21,22)/t12-/m1/s1. The number of hydrogen-bond donors (Lipinski definition) is 2. The van der Waals surface area contributed by atoms with Gasteiger partial charge >= 0.3 is 6.18 Å². The van der Waals surface area contributed by atoms with Crippen LogP contribution in [-0.2, 0) is 12.6 Å². The maximum absolute atomic E-state index is 12.6. The molecule has 0 amide bonds. The van der Waals surface area contributed by atoms with Gasteiger partial charge in [0.05, 0.1) is 16.6 Å². The predicted molar refractivity (Wildman–Crippen MR) is 87.8 cm³/mol. The first-order valence-electron chi connectivity index (χ1n) is 7.19. The van der Waals surface area contributed by atoms with Crippen molar-refractivity contribution in [2.45, 2.75) is 18.5 Å². The zero-order valence-electron chi connectivity index (χ0n) is 12.1. The lowest BCUT2D eigenvalue weighted by molar-refractivity contribution is -0.137. The zero-order valence-corrected chi connectivity index (χ0v) is 13.0. The fourth-order valence-corrected chi connectivity index (χ4v) is 2.83. The summed E-state index contributed by atoms with van der Waals surface area (Å²) in [5, 5.41) is 0. The maximum Gasteiger partial charge on any atom is 0.416 e. The average molecular weight is 336 g/mol. The minimum Gasteiger partial charge on any atom is -0.342 e. The molecule has 1 N–H and O–H groups in total. The fourth-order valence-electron chi connectivity index (χ4n) is 2.53. The smallest absolute Gasteiger partial charge is 0.342 e. The van der Waals surface area contributed by atoms with Crippen LogP contribution in [0.4, 0.5) is 13.2 Å². The lowest BCUT2D eigenvalue weighted by Gasteiger charge is -2.13. The molecule has 0 aliphatic heterocycles. The van der Waals surface area contributed by atoms with E-state index in [1.807, 2.05) is 24.3 Å². The molecular formula is C17H15F3N2S. The van der Waals surface area contributed by atoms with Gasteiger partial charge in [0, 0.05) is 11.7 Å². The summed E-state index contributed by atoms with van der Waals surface area (Å²) < 4.78 is 37.8. The Kier molecular flexibility index (Phi) is 4.35. The number of halogens is 3. The van der Waals surface area contributed by atoms with Crippen LogP contribution in [0.5, 0.6) is 0 Å². The van der Waals surface area contributed by atoms with E-state index in [1.165, 1.54) is 12.1 Å². The monoisotopic (exact) mass is 336 g/mol. The number of H-pyrrole nitrogens is 1. The van der Waals surface area contributed by atoms with E-state index in [4.69, 9.17) is 0 Å². The van der Waals surface area contributed by atoms with Crippen LogP contribution in [0.25, 0.3) is 11.0 Å². The first kappa shape index (κ1) is 15.9. The number of para-hydroxylation sites is 2. The Labute approximate surface area is 137 Å². The van der Waals surface area contributed by atoms with E-state index in [2.05, 4.69) is 22.6 Å². The molecule has 6 heteroatoms. The minimum atomic E-state index is -4.31. The van der Waals surface area contributed by atoms with Gasteiger partial charge < -0.3 is 4.98 Å². The lowest BCUT2D eigenvalue weighted by Crippen LogP contribution is -2.08. The van der Waals surface area contributed by atoms with E-state index in [1.54, 1.807) is 0 Å².